The number of hydrogen-bond donors (Lipinski definition) is 0. The molecule has 1 nitrogen and oxygen atoms in total. The lowest BCUT2D eigenvalue weighted by atomic mass is 9.71. The molecule has 0 aromatic carbocycles. The Labute approximate surface area is 101 Å². The van der Waals surface area contributed by atoms with Crippen LogP contribution in [0.4, 0.5) is 0 Å². The lowest BCUT2D eigenvalue weighted by Gasteiger charge is -2.46. The molecule has 1 aliphatic carbocycles. The predicted octanol–water partition coefficient (Wildman–Crippen LogP) is 4.41. The van der Waals surface area contributed by atoms with Gasteiger partial charge in [0.15, 0.2) is 0 Å². The zero-order valence-electron chi connectivity index (χ0n) is 11.2. The van der Waals surface area contributed by atoms with E-state index in [4.69, 9.17) is 4.74 Å². The summed E-state index contributed by atoms with van der Waals surface area (Å²) in [5.41, 5.74) is 0. The minimum absolute atomic E-state index is 0.550. The second-order valence-electron chi connectivity index (χ2n) is 5.99. The first-order valence-electron chi connectivity index (χ1n) is 7.39. The maximum Gasteiger partial charge on any atom is 0.0607 e. The molecule has 3 aliphatic rings. The lowest BCUT2D eigenvalue weighted by molar-refractivity contribution is -0.145. The molecular weight excluding hydrogens is 196 g/mol. The molecule has 0 unspecified atom stereocenters. The Bertz CT molecular complexity index is 209. The molecule has 0 aromatic heterocycles. The standard InChI is InChI=1S/C15H28O/c1-4-14-13-9-7-5-6-8-10-15(16-14)12(3)11(13)2/h11-15H,4-10H2,1-3H3/t11-,12+,13-,14-,15+/m1/s1. The van der Waals surface area contributed by atoms with Crippen molar-refractivity contribution in [1.29, 1.82) is 0 Å². The van der Waals surface area contributed by atoms with E-state index in [0.29, 0.717) is 12.2 Å². The monoisotopic (exact) mass is 224 g/mol. The van der Waals surface area contributed by atoms with Crippen LogP contribution in [0.3, 0.4) is 0 Å². The molecule has 94 valence electrons. The molecule has 3 rings (SSSR count). The minimum Gasteiger partial charge on any atom is -0.374 e. The van der Waals surface area contributed by atoms with E-state index in [-0.39, 0.29) is 0 Å². The summed E-state index contributed by atoms with van der Waals surface area (Å²) in [5, 5.41) is 0. The normalized spacial score (nSPS) is 45.6. The summed E-state index contributed by atoms with van der Waals surface area (Å²) in [6, 6.07) is 0. The molecule has 5 atom stereocenters. The summed E-state index contributed by atoms with van der Waals surface area (Å²) in [5.74, 6) is 2.46. The first kappa shape index (κ1) is 12.4. The molecule has 0 N–H and O–H groups in total. The second kappa shape index (κ2) is 5.53. The van der Waals surface area contributed by atoms with Crippen molar-refractivity contribution in [2.24, 2.45) is 17.8 Å². The zero-order valence-corrected chi connectivity index (χ0v) is 11.2. The molecule has 2 bridgehead atoms. The molecule has 2 saturated heterocycles. The maximum atomic E-state index is 6.36. The van der Waals surface area contributed by atoms with Gasteiger partial charge >= 0.3 is 0 Å². The van der Waals surface area contributed by atoms with E-state index in [1.165, 1.54) is 44.9 Å². The highest BCUT2D eigenvalue weighted by Gasteiger charge is 2.39. The summed E-state index contributed by atoms with van der Waals surface area (Å²) in [6.45, 7) is 7.17. The van der Waals surface area contributed by atoms with E-state index >= 15 is 0 Å². The SMILES string of the molecule is CC[C@H]1O[C@H]2CCCCCC[C@@H]1[C@H](C)[C@@H]2C. The average Bonchev–Trinajstić information content (AvgIpc) is 2.31. The van der Waals surface area contributed by atoms with Crippen molar-refractivity contribution in [2.45, 2.75) is 77.9 Å². The highest BCUT2D eigenvalue weighted by atomic mass is 16.5. The van der Waals surface area contributed by atoms with Crippen molar-refractivity contribution in [3.8, 4) is 0 Å². The summed E-state index contributed by atoms with van der Waals surface area (Å²) in [6.07, 6.45) is 10.7. The molecular formula is C15H28O. The molecule has 1 saturated carbocycles. The van der Waals surface area contributed by atoms with Gasteiger partial charge in [-0.25, -0.2) is 0 Å². The number of hydrogen-bond acceptors (Lipinski definition) is 1. The molecule has 2 heterocycles. The largest absolute Gasteiger partial charge is 0.374 e. The Morgan fingerprint density at radius 1 is 0.938 bits per heavy atom. The fraction of sp³-hybridized carbons (Fsp3) is 1.00. The summed E-state index contributed by atoms with van der Waals surface area (Å²) in [7, 11) is 0. The first-order chi connectivity index (χ1) is 7.74. The van der Waals surface area contributed by atoms with Crippen LogP contribution in [0.25, 0.3) is 0 Å². The number of rotatable bonds is 1. The molecule has 3 fully saturated rings. The van der Waals surface area contributed by atoms with Gasteiger partial charge in [-0.3, -0.25) is 0 Å². The van der Waals surface area contributed by atoms with Crippen molar-refractivity contribution in [1.82, 2.24) is 0 Å². The second-order valence-corrected chi connectivity index (χ2v) is 5.99. The number of fused-ring (bicyclic) bond motifs is 7. The zero-order chi connectivity index (χ0) is 11.5. The van der Waals surface area contributed by atoms with E-state index < -0.39 is 0 Å². The fourth-order valence-electron chi connectivity index (χ4n) is 3.77. The van der Waals surface area contributed by atoms with Gasteiger partial charge in [0.25, 0.3) is 0 Å². The molecule has 16 heavy (non-hydrogen) atoms. The van der Waals surface area contributed by atoms with Crippen molar-refractivity contribution >= 4 is 0 Å². The van der Waals surface area contributed by atoms with Crippen LogP contribution in [0.5, 0.6) is 0 Å². The van der Waals surface area contributed by atoms with E-state index in [1.54, 1.807) is 0 Å². The van der Waals surface area contributed by atoms with Crippen molar-refractivity contribution in [3.63, 3.8) is 0 Å². The van der Waals surface area contributed by atoms with Gasteiger partial charge in [-0.1, -0.05) is 46.5 Å². The highest BCUT2D eigenvalue weighted by Crippen LogP contribution is 2.41. The van der Waals surface area contributed by atoms with Crippen molar-refractivity contribution < 1.29 is 4.74 Å². The Morgan fingerprint density at radius 3 is 2.31 bits per heavy atom. The predicted molar refractivity (Wildman–Crippen MR) is 68.5 cm³/mol. The van der Waals surface area contributed by atoms with Gasteiger partial charge in [0.05, 0.1) is 12.2 Å². The molecule has 0 spiro atoms. The van der Waals surface area contributed by atoms with Gasteiger partial charge in [0.1, 0.15) is 0 Å². The van der Waals surface area contributed by atoms with Crippen LogP contribution >= 0.6 is 0 Å². The van der Waals surface area contributed by atoms with Gasteiger partial charge in [-0.05, 0) is 37.0 Å². The molecule has 0 amide bonds. The number of ether oxygens (including phenoxy) is 1. The van der Waals surface area contributed by atoms with E-state index in [9.17, 15) is 0 Å². The van der Waals surface area contributed by atoms with Crippen LogP contribution in [0, 0.1) is 17.8 Å². The Kier molecular flexibility index (Phi) is 4.29. The topological polar surface area (TPSA) is 9.23 Å². The minimum atomic E-state index is 0.550. The summed E-state index contributed by atoms with van der Waals surface area (Å²) < 4.78 is 6.36. The third kappa shape index (κ3) is 2.45. The smallest absolute Gasteiger partial charge is 0.0607 e. The van der Waals surface area contributed by atoms with Gasteiger partial charge < -0.3 is 4.74 Å². The maximum absolute atomic E-state index is 6.36. The fourth-order valence-corrected chi connectivity index (χ4v) is 3.77. The lowest BCUT2D eigenvalue weighted by Crippen LogP contribution is -2.45. The van der Waals surface area contributed by atoms with Crippen LogP contribution in [0.1, 0.15) is 65.7 Å². The van der Waals surface area contributed by atoms with Crippen LogP contribution in [0.2, 0.25) is 0 Å². The van der Waals surface area contributed by atoms with Crippen molar-refractivity contribution in [3.05, 3.63) is 0 Å². The van der Waals surface area contributed by atoms with Crippen LogP contribution in [-0.4, -0.2) is 12.2 Å². The summed E-state index contributed by atoms with van der Waals surface area (Å²) in [4.78, 5) is 0. The summed E-state index contributed by atoms with van der Waals surface area (Å²) >= 11 is 0. The quantitative estimate of drug-likeness (QED) is 0.641. The van der Waals surface area contributed by atoms with Crippen LogP contribution < -0.4 is 0 Å². The molecule has 2 aliphatic heterocycles. The average molecular weight is 224 g/mol. The first-order valence-corrected chi connectivity index (χ1v) is 7.39. The third-order valence-electron chi connectivity index (χ3n) is 5.10. The van der Waals surface area contributed by atoms with E-state index in [0.717, 1.165) is 17.8 Å². The van der Waals surface area contributed by atoms with Gasteiger partial charge in [-0.2, -0.15) is 0 Å². The molecule has 0 radical (unpaired) electrons. The van der Waals surface area contributed by atoms with Gasteiger partial charge in [-0.15, -0.1) is 0 Å². The van der Waals surface area contributed by atoms with Gasteiger partial charge in [0, 0.05) is 0 Å². The third-order valence-corrected chi connectivity index (χ3v) is 5.10. The van der Waals surface area contributed by atoms with E-state index in [2.05, 4.69) is 20.8 Å². The van der Waals surface area contributed by atoms with Crippen molar-refractivity contribution in [2.75, 3.05) is 0 Å². The Morgan fingerprint density at radius 2 is 1.62 bits per heavy atom. The van der Waals surface area contributed by atoms with Gasteiger partial charge in [0.2, 0.25) is 0 Å². The molecule has 0 aromatic rings. The molecule has 1 heteroatoms. The Hall–Kier alpha value is -0.0400. The highest BCUT2D eigenvalue weighted by molar-refractivity contribution is 4.88. The van der Waals surface area contributed by atoms with E-state index in [1.807, 2.05) is 0 Å². The van der Waals surface area contributed by atoms with Crippen LogP contribution in [-0.2, 0) is 4.74 Å². The van der Waals surface area contributed by atoms with Crippen LogP contribution in [0.15, 0.2) is 0 Å². The Balaban J connectivity index is 2.12.